The van der Waals surface area contributed by atoms with Gasteiger partial charge in [0, 0.05) is 31.4 Å². The second-order valence-electron chi connectivity index (χ2n) is 5.52. The van der Waals surface area contributed by atoms with Crippen LogP contribution in [0.4, 0.5) is 5.69 Å². The number of nitrogens with zero attached hydrogens (tertiary/aromatic N) is 1. The SMILES string of the molecule is CCC(N)Cc1ccc(N2CCCOC(C)C2)cc1. The number of hydrogen-bond acceptors (Lipinski definition) is 3. The highest BCUT2D eigenvalue weighted by Gasteiger charge is 2.15. The first-order valence-electron chi connectivity index (χ1n) is 7.40. The zero-order chi connectivity index (χ0) is 13.7. The van der Waals surface area contributed by atoms with Crippen molar-refractivity contribution in [1.29, 1.82) is 0 Å². The Morgan fingerprint density at radius 3 is 2.79 bits per heavy atom. The third-order valence-electron chi connectivity index (χ3n) is 3.78. The molecule has 1 heterocycles. The van der Waals surface area contributed by atoms with Gasteiger partial charge in [0.1, 0.15) is 0 Å². The van der Waals surface area contributed by atoms with Gasteiger partial charge in [-0.15, -0.1) is 0 Å². The fourth-order valence-electron chi connectivity index (χ4n) is 2.52. The molecule has 0 bridgehead atoms. The smallest absolute Gasteiger partial charge is 0.0721 e. The summed E-state index contributed by atoms with van der Waals surface area (Å²) in [5.74, 6) is 0. The lowest BCUT2D eigenvalue weighted by Gasteiger charge is -2.24. The number of ether oxygens (including phenoxy) is 1. The number of rotatable bonds is 4. The molecule has 1 aromatic rings. The fraction of sp³-hybridized carbons (Fsp3) is 0.625. The zero-order valence-electron chi connectivity index (χ0n) is 12.1. The van der Waals surface area contributed by atoms with E-state index in [4.69, 9.17) is 10.5 Å². The van der Waals surface area contributed by atoms with Gasteiger partial charge in [-0.25, -0.2) is 0 Å². The number of hydrogen-bond donors (Lipinski definition) is 1. The van der Waals surface area contributed by atoms with Crippen LogP contribution in [0.25, 0.3) is 0 Å². The Kier molecular flexibility index (Phi) is 5.23. The van der Waals surface area contributed by atoms with Gasteiger partial charge in [-0.2, -0.15) is 0 Å². The topological polar surface area (TPSA) is 38.5 Å². The van der Waals surface area contributed by atoms with Gasteiger partial charge in [0.2, 0.25) is 0 Å². The maximum absolute atomic E-state index is 6.00. The van der Waals surface area contributed by atoms with E-state index in [0.717, 1.165) is 39.0 Å². The van der Waals surface area contributed by atoms with Crippen LogP contribution in [0.3, 0.4) is 0 Å². The van der Waals surface area contributed by atoms with E-state index < -0.39 is 0 Å². The van der Waals surface area contributed by atoms with Gasteiger partial charge in [-0.05, 0) is 43.9 Å². The average molecular weight is 262 g/mol. The Bertz CT molecular complexity index is 377. The Labute approximate surface area is 116 Å². The van der Waals surface area contributed by atoms with E-state index in [9.17, 15) is 0 Å². The summed E-state index contributed by atoms with van der Waals surface area (Å²) in [5.41, 5.74) is 8.63. The van der Waals surface area contributed by atoms with Crippen LogP contribution in [-0.2, 0) is 11.2 Å². The summed E-state index contributed by atoms with van der Waals surface area (Å²) >= 11 is 0. The Morgan fingerprint density at radius 2 is 2.11 bits per heavy atom. The second-order valence-corrected chi connectivity index (χ2v) is 5.52. The molecule has 2 N–H and O–H groups in total. The lowest BCUT2D eigenvalue weighted by molar-refractivity contribution is 0.0821. The molecule has 0 amide bonds. The lowest BCUT2D eigenvalue weighted by atomic mass is 10.0. The molecule has 0 radical (unpaired) electrons. The lowest BCUT2D eigenvalue weighted by Crippen LogP contribution is -2.30. The van der Waals surface area contributed by atoms with Crippen molar-refractivity contribution in [3.05, 3.63) is 29.8 Å². The molecule has 2 atom stereocenters. The Hall–Kier alpha value is -1.06. The highest BCUT2D eigenvalue weighted by atomic mass is 16.5. The van der Waals surface area contributed by atoms with E-state index in [2.05, 4.69) is 43.0 Å². The minimum absolute atomic E-state index is 0.275. The molecule has 3 heteroatoms. The molecule has 1 aliphatic rings. The normalized spacial score (nSPS) is 22.1. The quantitative estimate of drug-likeness (QED) is 0.906. The summed E-state index contributed by atoms with van der Waals surface area (Å²) in [6.07, 6.45) is 3.42. The molecule has 0 spiro atoms. The molecule has 2 rings (SSSR count). The van der Waals surface area contributed by atoms with Crippen molar-refractivity contribution >= 4 is 5.69 Å². The third-order valence-corrected chi connectivity index (χ3v) is 3.78. The van der Waals surface area contributed by atoms with Crippen molar-refractivity contribution < 1.29 is 4.74 Å². The van der Waals surface area contributed by atoms with Gasteiger partial charge in [0.05, 0.1) is 6.10 Å². The van der Waals surface area contributed by atoms with E-state index in [1.807, 2.05) is 0 Å². The maximum Gasteiger partial charge on any atom is 0.0721 e. The first kappa shape index (κ1) is 14.4. The Morgan fingerprint density at radius 1 is 1.37 bits per heavy atom. The molecule has 1 aromatic carbocycles. The molecule has 1 saturated heterocycles. The summed E-state index contributed by atoms with van der Waals surface area (Å²) in [7, 11) is 0. The van der Waals surface area contributed by atoms with E-state index in [1.54, 1.807) is 0 Å². The molecule has 0 aliphatic carbocycles. The standard InChI is InChI=1S/C16H26N2O/c1-3-15(17)11-14-5-7-16(8-6-14)18-9-4-10-19-13(2)12-18/h5-8,13,15H,3-4,9-12,17H2,1-2H3. The van der Waals surface area contributed by atoms with Crippen molar-refractivity contribution in [3.63, 3.8) is 0 Å². The largest absolute Gasteiger partial charge is 0.377 e. The fourth-order valence-corrected chi connectivity index (χ4v) is 2.52. The molecule has 1 fully saturated rings. The molecule has 2 unspecified atom stereocenters. The molecular formula is C16H26N2O. The molecule has 3 nitrogen and oxygen atoms in total. The number of benzene rings is 1. The van der Waals surface area contributed by atoms with Gasteiger partial charge < -0.3 is 15.4 Å². The van der Waals surface area contributed by atoms with Crippen molar-refractivity contribution in [2.24, 2.45) is 5.73 Å². The molecule has 0 saturated carbocycles. The van der Waals surface area contributed by atoms with Gasteiger partial charge in [0.25, 0.3) is 0 Å². The summed E-state index contributed by atoms with van der Waals surface area (Å²) in [6, 6.07) is 9.13. The van der Waals surface area contributed by atoms with Crippen LogP contribution in [0.5, 0.6) is 0 Å². The zero-order valence-corrected chi connectivity index (χ0v) is 12.1. The van der Waals surface area contributed by atoms with Crippen LogP contribution in [0.1, 0.15) is 32.3 Å². The van der Waals surface area contributed by atoms with Crippen LogP contribution in [0.15, 0.2) is 24.3 Å². The predicted molar refractivity (Wildman–Crippen MR) is 80.7 cm³/mol. The minimum atomic E-state index is 0.275. The van der Waals surface area contributed by atoms with Crippen LogP contribution in [0, 0.1) is 0 Å². The highest BCUT2D eigenvalue weighted by molar-refractivity contribution is 5.48. The number of nitrogens with two attached hydrogens (primary N) is 1. The van der Waals surface area contributed by atoms with Crippen molar-refractivity contribution in [3.8, 4) is 0 Å². The van der Waals surface area contributed by atoms with Gasteiger partial charge >= 0.3 is 0 Å². The van der Waals surface area contributed by atoms with Crippen LogP contribution in [0.2, 0.25) is 0 Å². The van der Waals surface area contributed by atoms with E-state index in [0.29, 0.717) is 6.10 Å². The summed E-state index contributed by atoms with van der Waals surface area (Å²) in [4.78, 5) is 2.42. The van der Waals surface area contributed by atoms with E-state index >= 15 is 0 Å². The minimum Gasteiger partial charge on any atom is -0.377 e. The van der Waals surface area contributed by atoms with Crippen molar-refractivity contribution in [2.45, 2.75) is 45.3 Å². The molecule has 0 aromatic heterocycles. The van der Waals surface area contributed by atoms with E-state index in [-0.39, 0.29) is 6.04 Å². The predicted octanol–water partition coefficient (Wildman–Crippen LogP) is 2.58. The third kappa shape index (κ3) is 4.22. The van der Waals surface area contributed by atoms with Gasteiger partial charge in [-0.3, -0.25) is 0 Å². The molecule has 106 valence electrons. The molecular weight excluding hydrogens is 236 g/mol. The van der Waals surface area contributed by atoms with Crippen molar-refractivity contribution in [1.82, 2.24) is 0 Å². The molecule has 1 aliphatic heterocycles. The molecule has 19 heavy (non-hydrogen) atoms. The first-order valence-corrected chi connectivity index (χ1v) is 7.40. The monoisotopic (exact) mass is 262 g/mol. The maximum atomic E-state index is 6.00. The summed E-state index contributed by atoms with van der Waals surface area (Å²) in [6.45, 7) is 7.22. The van der Waals surface area contributed by atoms with E-state index in [1.165, 1.54) is 11.3 Å². The van der Waals surface area contributed by atoms with Gasteiger partial charge in [0.15, 0.2) is 0 Å². The van der Waals surface area contributed by atoms with Crippen molar-refractivity contribution in [2.75, 3.05) is 24.6 Å². The first-order chi connectivity index (χ1) is 9.19. The van der Waals surface area contributed by atoms with Crippen LogP contribution in [-0.4, -0.2) is 31.8 Å². The highest BCUT2D eigenvalue weighted by Crippen LogP contribution is 2.19. The second kappa shape index (κ2) is 6.92. The number of anilines is 1. The average Bonchev–Trinajstić information content (AvgIpc) is 2.64. The Balaban J connectivity index is 2.00. The summed E-state index contributed by atoms with van der Waals surface area (Å²) < 4.78 is 5.69. The summed E-state index contributed by atoms with van der Waals surface area (Å²) in [5, 5.41) is 0. The van der Waals surface area contributed by atoms with Gasteiger partial charge in [-0.1, -0.05) is 19.1 Å². The van der Waals surface area contributed by atoms with Crippen LogP contribution >= 0.6 is 0 Å². The van der Waals surface area contributed by atoms with Crippen LogP contribution < -0.4 is 10.6 Å².